The molecule has 2 aromatic rings. The Morgan fingerprint density at radius 1 is 1.19 bits per heavy atom. The second kappa shape index (κ2) is 6.39. The number of thiazole rings is 1. The molecule has 0 unspecified atom stereocenters. The lowest BCUT2D eigenvalue weighted by molar-refractivity contribution is 0.0205. The van der Waals surface area contributed by atoms with Gasteiger partial charge in [0.15, 0.2) is 5.69 Å². The van der Waals surface area contributed by atoms with Gasteiger partial charge < -0.3 is 4.74 Å². The zero-order chi connectivity index (χ0) is 14.7. The number of hydrogen-bond donors (Lipinski definition) is 0. The van der Waals surface area contributed by atoms with Gasteiger partial charge in [0.05, 0.1) is 0 Å². The molecule has 1 aliphatic rings. The average molecular weight is 301 g/mol. The molecule has 21 heavy (non-hydrogen) atoms. The van der Waals surface area contributed by atoms with Crippen LogP contribution in [-0.4, -0.2) is 17.1 Å². The van der Waals surface area contributed by atoms with Gasteiger partial charge in [-0.15, -0.1) is 11.3 Å². The lowest BCUT2D eigenvalue weighted by atomic mass is 9.98. The topological polar surface area (TPSA) is 39.2 Å². The number of carbonyl (C=O) groups excluding carboxylic acids is 1. The van der Waals surface area contributed by atoms with Crippen molar-refractivity contribution in [3.8, 4) is 10.6 Å². The SMILES string of the molecule is Cc1ccc(-c2nc(C(=O)OC3CCCCC3)cs2)cc1. The van der Waals surface area contributed by atoms with E-state index in [-0.39, 0.29) is 12.1 Å². The standard InChI is InChI=1S/C17H19NO2S/c1-12-7-9-13(10-8-12)16-18-15(11-21-16)17(19)20-14-5-3-2-4-6-14/h7-11,14H,2-6H2,1H3. The fraction of sp³-hybridized carbons (Fsp3) is 0.412. The zero-order valence-corrected chi connectivity index (χ0v) is 13.0. The summed E-state index contributed by atoms with van der Waals surface area (Å²) in [6.45, 7) is 2.05. The van der Waals surface area contributed by atoms with Crippen molar-refractivity contribution in [2.75, 3.05) is 0 Å². The van der Waals surface area contributed by atoms with Crippen LogP contribution in [0.3, 0.4) is 0 Å². The largest absolute Gasteiger partial charge is 0.458 e. The molecule has 0 spiro atoms. The van der Waals surface area contributed by atoms with E-state index in [0.29, 0.717) is 5.69 Å². The van der Waals surface area contributed by atoms with Gasteiger partial charge in [-0.25, -0.2) is 9.78 Å². The molecule has 1 aromatic heterocycles. The maximum Gasteiger partial charge on any atom is 0.358 e. The van der Waals surface area contributed by atoms with E-state index >= 15 is 0 Å². The molecule has 110 valence electrons. The Morgan fingerprint density at radius 2 is 1.90 bits per heavy atom. The van der Waals surface area contributed by atoms with Gasteiger partial charge in [0.25, 0.3) is 0 Å². The average Bonchev–Trinajstić information content (AvgIpc) is 2.99. The first kappa shape index (κ1) is 14.3. The van der Waals surface area contributed by atoms with E-state index in [0.717, 1.165) is 36.3 Å². The highest BCUT2D eigenvalue weighted by Gasteiger charge is 2.20. The van der Waals surface area contributed by atoms with Crippen LogP contribution in [0.15, 0.2) is 29.6 Å². The van der Waals surface area contributed by atoms with Crippen molar-refractivity contribution in [3.05, 3.63) is 40.9 Å². The highest BCUT2D eigenvalue weighted by atomic mass is 32.1. The van der Waals surface area contributed by atoms with Crippen LogP contribution in [0.4, 0.5) is 0 Å². The molecule has 3 rings (SSSR count). The molecule has 1 aromatic carbocycles. The molecular weight excluding hydrogens is 282 g/mol. The van der Waals surface area contributed by atoms with E-state index in [1.807, 2.05) is 12.1 Å². The highest BCUT2D eigenvalue weighted by Crippen LogP contribution is 2.26. The monoisotopic (exact) mass is 301 g/mol. The van der Waals surface area contributed by atoms with Gasteiger partial charge in [-0.3, -0.25) is 0 Å². The van der Waals surface area contributed by atoms with E-state index in [9.17, 15) is 4.79 Å². The first-order valence-corrected chi connectivity index (χ1v) is 8.34. The predicted molar refractivity (Wildman–Crippen MR) is 84.6 cm³/mol. The molecule has 0 radical (unpaired) electrons. The van der Waals surface area contributed by atoms with Crippen molar-refractivity contribution in [1.29, 1.82) is 0 Å². The van der Waals surface area contributed by atoms with E-state index < -0.39 is 0 Å². The van der Waals surface area contributed by atoms with Crippen LogP contribution in [0.5, 0.6) is 0 Å². The molecule has 0 aliphatic heterocycles. The Morgan fingerprint density at radius 3 is 2.62 bits per heavy atom. The number of aromatic nitrogens is 1. The van der Waals surface area contributed by atoms with Gasteiger partial charge in [-0.1, -0.05) is 36.2 Å². The van der Waals surface area contributed by atoms with Gasteiger partial charge in [0.2, 0.25) is 0 Å². The van der Waals surface area contributed by atoms with Crippen LogP contribution in [-0.2, 0) is 4.74 Å². The predicted octanol–water partition coefficient (Wildman–Crippen LogP) is 4.61. The number of carbonyl (C=O) groups is 1. The summed E-state index contributed by atoms with van der Waals surface area (Å²) in [6, 6.07) is 8.17. The van der Waals surface area contributed by atoms with Crippen LogP contribution < -0.4 is 0 Å². The molecule has 1 heterocycles. The zero-order valence-electron chi connectivity index (χ0n) is 12.2. The molecule has 4 heteroatoms. The van der Waals surface area contributed by atoms with Crippen LogP contribution in [0.25, 0.3) is 10.6 Å². The van der Waals surface area contributed by atoms with E-state index in [4.69, 9.17) is 4.74 Å². The lowest BCUT2D eigenvalue weighted by Crippen LogP contribution is -2.21. The summed E-state index contributed by atoms with van der Waals surface area (Å²) in [6.07, 6.45) is 5.62. The Balaban J connectivity index is 1.69. The molecule has 0 bridgehead atoms. The van der Waals surface area contributed by atoms with Crippen LogP contribution in [0.2, 0.25) is 0 Å². The number of hydrogen-bond acceptors (Lipinski definition) is 4. The Labute approximate surface area is 129 Å². The molecule has 0 saturated heterocycles. The van der Waals surface area contributed by atoms with Gasteiger partial charge in [0.1, 0.15) is 11.1 Å². The number of ether oxygens (including phenoxy) is 1. The lowest BCUT2D eigenvalue weighted by Gasteiger charge is -2.21. The van der Waals surface area contributed by atoms with Crippen molar-refractivity contribution >= 4 is 17.3 Å². The molecule has 3 nitrogen and oxygen atoms in total. The third kappa shape index (κ3) is 3.50. The first-order valence-electron chi connectivity index (χ1n) is 7.46. The summed E-state index contributed by atoms with van der Waals surface area (Å²) in [4.78, 5) is 16.6. The van der Waals surface area contributed by atoms with Gasteiger partial charge >= 0.3 is 5.97 Å². The summed E-state index contributed by atoms with van der Waals surface area (Å²) >= 11 is 1.49. The number of aryl methyl sites for hydroxylation is 1. The number of nitrogens with zero attached hydrogens (tertiary/aromatic N) is 1. The molecule has 1 aliphatic carbocycles. The van der Waals surface area contributed by atoms with Crippen molar-refractivity contribution in [3.63, 3.8) is 0 Å². The Kier molecular flexibility index (Phi) is 4.34. The van der Waals surface area contributed by atoms with E-state index in [1.54, 1.807) is 5.38 Å². The number of esters is 1. The van der Waals surface area contributed by atoms with Crippen LogP contribution in [0, 0.1) is 6.92 Å². The fourth-order valence-electron chi connectivity index (χ4n) is 2.59. The third-order valence-electron chi connectivity index (χ3n) is 3.84. The minimum atomic E-state index is -0.281. The van der Waals surface area contributed by atoms with Crippen molar-refractivity contribution < 1.29 is 9.53 Å². The van der Waals surface area contributed by atoms with Crippen molar-refractivity contribution in [2.45, 2.75) is 45.1 Å². The van der Waals surface area contributed by atoms with Crippen molar-refractivity contribution in [2.24, 2.45) is 0 Å². The second-order valence-corrected chi connectivity index (χ2v) is 6.43. The quantitative estimate of drug-likeness (QED) is 0.777. The minimum absolute atomic E-state index is 0.0794. The third-order valence-corrected chi connectivity index (χ3v) is 4.73. The molecule has 0 amide bonds. The smallest absolute Gasteiger partial charge is 0.358 e. The molecular formula is C17H19NO2S. The molecule has 0 atom stereocenters. The Hall–Kier alpha value is -1.68. The van der Waals surface area contributed by atoms with Crippen LogP contribution >= 0.6 is 11.3 Å². The maximum atomic E-state index is 12.1. The summed E-state index contributed by atoms with van der Waals surface area (Å²) in [5, 5.41) is 2.66. The van der Waals surface area contributed by atoms with Crippen LogP contribution in [0.1, 0.15) is 48.2 Å². The summed E-state index contributed by atoms with van der Waals surface area (Å²) < 4.78 is 5.55. The van der Waals surface area contributed by atoms with E-state index in [1.165, 1.54) is 23.3 Å². The number of benzene rings is 1. The summed E-state index contributed by atoms with van der Waals surface area (Å²) in [5.74, 6) is -0.281. The summed E-state index contributed by atoms with van der Waals surface area (Å²) in [7, 11) is 0. The van der Waals surface area contributed by atoms with Gasteiger partial charge in [-0.05, 0) is 32.6 Å². The highest BCUT2D eigenvalue weighted by molar-refractivity contribution is 7.13. The normalized spacial score (nSPS) is 15.9. The minimum Gasteiger partial charge on any atom is -0.458 e. The van der Waals surface area contributed by atoms with E-state index in [2.05, 4.69) is 24.0 Å². The molecule has 0 N–H and O–H groups in total. The first-order chi connectivity index (χ1) is 10.2. The molecule has 1 saturated carbocycles. The molecule has 1 fully saturated rings. The fourth-order valence-corrected chi connectivity index (χ4v) is 3.39. The summed E-state index contributed by atoms with van der Waals surface area (Å²) in [5.41, 5.74) is 2.69. The van der Waals surface area contributed by atoms with Gasteiger partial charge in [0, 0.05) is 10.9 Å². The number of rotatable bonds is 3. The second-order valence-electron chi connectivity index (χ2n) is 5.57. The Bertz CT molecular complexity index is 612. The maximum absolute atomic E-state index is 12.1. The van der Waals surface area contributed by atoms with Crippen molar-refractivity contribution in [1.82, 2.24) is 4.98 Å². The van der Waals surface area contributed by atoms with Gasteiger partial charge in [-0.2, -0.15) is 0 Å².